The molecule has 0 spiro atoms. The van der Waals surface area contributed by atoms with Gasteiger partial charge in [-0.2, -0.15) is 0 Å². The van der Waals surface area contributed by atoms with Gasteiger partial charge in [-0.25, -0.2) is 8.42 Å². The van der Waals surface area contributed by atoms with Gasteiger partial charge in [0.1, 0.15) is 21.6 Å². The van der Waals surface area contributed by atoms with Crippen molar-refractivity contribution in [3.8, 4) is 11.5 Å². The molecule has 4 rings (SSSR count). The lowest BCUT2D eigenvalue weighted by Crippen LogP contribution is -3.61. The van der Waals surface area contributed by atoms with Gasteiger partial charge in [0, 0.05) is 0 Å². The largest absolute Gasteiger partial charge is 0.744 e. The van der Waals surface area contributed by atoms with Crippen LogP contribution < -0.4 is 31.1 Å². The van der Waals surface area contributed by atoms with Gasteiger partial charge >= 0.3 is 21.2 Å². The molecular formula is C28H29IO4SSi. The predicted molar refractivity (Wildman–Crippen MR) is 139 cm³/mol. The number of rotatable bonds is 6. The number of benzene rings is 4. The molecule has 0 atom stereocenters. The van der Waals surface area contributed by atoms with Gasteiger partial charge in [0.2, 0.25) is 0 Å². The molecule has 0 aliphatic rings. The third-order valence-electron chi connectivity index (χ3n) is 5.03. The molecule has 0 bridgehead atoms. The first-order valence-corrected chi connectivity index (χ1v) is 18.2. The van der Waals surface area contributed by atoms with Crippen LogP contribution in [0.5, 0.6) is 11.5 Å². The monoisotopic (exact) mass is 616 g/mol. The van der Waals surface area contributed by atoms with E-state index in [1.165, 1.54) is 24.5 Å². The minimum Gasteiger partial charge on any atom is -0.744 e. The quantitative estimate of drug-likeness (QED) is 0.190. The van der Waals surface area contributed by atoms with Crippen molar-refractivity contribution in [3.05, 3.63) is 116 Å². The summed E-state index contributed by atoms with van der Waals surface area (Å²) in [7, 11) is -5.51. The summed E-state index contributed by atoms with van der Waals surface area (Å²) in [6.45, 7) is 8.90. The molecule has 0 aromatic heterocycles. The van der Waals surface area contributed by atoms with Crippen molar-refractivity contribution in [2.75, 3.05) is 0 Å². The first kappa shape index (κ1) is 27.1. The maximum atomic E-state index is 10.4. The third kappa shape index (κ3) is 8.92. The standard InChI is InChI=1S/C21H22IOSi.C7H8O3S/c1-24(2,3)21-15-13-20(14-16-21)23-19-11-9-18(10-12-19)22-17-7-5-4-6-8-17;1-6-2-4-7(5-3-6)11(8,9)10/h4-16H,1-3H3;2-5H,1H3,(H,8,9,10)/q+1;/p-1. The number of halogens is 1. The van der Waals surface area contributed by atoms with Crippen molar-refractivity contribution in [2.24, 2.45) is 0 Å². The highest BCUT2D eigenvalue weighted by atomic mass is 127. The second kappa shape index (κ2) is 12.0. The zero-order chi connectivity index (χ0) is 25.5. The van der Waals surface area contributed by atoms with Crippen LogP contribution in [0.4, 0.5) is 0 Å². The van der Waals surface area contributed by atoms with E-state index in [1.54, 1.807) is 12.1 Å². The van der Waals surface area contributed by atoms with Crippen LogP contribution in [0, 0.1) is 14.1 Å². The Balaban J connectivity index is 0.000000261. The zero-order valence-electron chi connectivity index (χ0n) is 20.2. The Bertz CT molecular complexity index is 1320. The fourth-order valence-electron chi connectivity index (χ4n) is 3.03. The molecule has 0 N–H and O–H groups in total. The van der Waals surface area contributed by atoms with Crippen molar-refractivity contribution in [3.63, 3.8) is 0 Å². The third-order valence-corrected chi connectivity index (χ3v) is 10.6. The average Bonchev–Trinajstić information content (AvgIpc) is 2.81. The molecule has 0 aliphatic heterocycles. The lowest BCUT2D eigenvalue weighted by Gasteiger charge is -2.16. The Labute approximate surface area is 220 Å². The summed E-state index contributed by atoms with van der Waals surface area (Å²) >= 11 is -0.113. The summed E-state index contributed by atoms with van der Waals surface area (Å²) in [4.78, 5) is -0.178. The van der Waals surface area contributed by atoms with Crippen LogP contribution in [0.2, 0.25) is 19.6 Å². The lowest BCUT2D eigenvalue weighted by molar-refractivity contribution is -0.597. The summed E-state index contributed by atoms with van der Waals surface area (Å²) in [5, 5.41) is 1.46. The first-order valence-electron chi connectivity index (χ1n) is 11.1. The lowest BCUT2D eigenvalue weighted by atomic mass is 10.2. The molecule has 0 aliphatic carbocycles. The van der Waals surface area contributed by atoms with Crippen LogP contribution in [-0.2, 0) is 10.1 Å². The topological polar surface area (TPSA) is 66.4 Å². The first-order chi connectivity index (χ1) is 16.5. The predicted octanol–water partition coefficient (Wildman–Crippen LogP) is 3.05. The van der Waals surface area contributed by atoms with E-state index in [-0.39, 0.29) is 26.1 Å². The Hall–Kier alpha value is -2.46. The van der Waals surface area contributed by atoms with Crippen LogP contribution in [-0.4, -0.2) is 21.0 Å². The van der Waals surface area contributed by atoms with Crippen molar-refractivity contribution < 1.29 is 38.9 Å². The van der Waals surface area contributed by atoms with Crippen LogP contribution in [0.1, 0.15) is 5.56 Å². The van der Waals surface area contributed by atoms with Gasteiger partial charge in [0.15, 0.2) is 7.14 Å². The highest BCUT2D eigenvalue weighted by Gasteiger charge is 2.16. The molecule has 7 heteroatoms. The maximum absolute atomic E-state index is 10.4. The van der Waals surface area contributed by atoms with E-state index in [9.17, 15) is 13.0 Å². The van der Waals surface area contributed by atoms with E-state index in [0.717, 1.165) is 17.1 Å². The molecule has 35 heavy (non-hydrogen) atoms. The molecule has 0 saturated carbocycles. The van der Waals surface area contributed by atoms with Crippen molar-refractivity contribution in [2.45, 2.75) is 31.5 Å². The van der Waals surface area contributed by atoms with Crippen molar-refractivity contribution in [1.82, 2.24) is 0 Å². The number of hydrogen-bond acceptors (Lipinski definition) is 4. The van der Waals surface area contributed by atoms with Crippen LogP contribution >= 0.6 is 0 Å². The Morgan fingerprint density at radius 3 is 1.66 bits per heavy atom. The molecule has 4 nitrogen and oxygen atoms in total. The molecule has 4 aromatic rings. The minimum absolute atomic E-state index is 0.113. The normalized spacial score (nSPS) is 11.3. The van der Waals surface area contributed by atoms with E-state index < -0.39 is 18.2 Å². The molecule has 0 fully saturated rings. The fourth-order valence-corrected chi connectivity index (χ4v) is 6.88. The summed E-state index contributed by atoms with van der Waals surface area (Å²) < 4.78 is 40.0. The van der Waals surface area contributed by atoms with Crippen LogP contribution in [0.25, 0.3) is 0 Å². The summed E-state index contributed by atoms with van der Waals surface area (Å²) in [5.74, 6) is 1.80. The van der Waals surface area contributed by atoms with E-state index in [0.29, 0.717) is 0 Å². The SMILES string of the molecule is C[Si](C)(C)c1ccc(Oc2ccc([I+]c3ccccc3)cc2)cc1.Cc1ccc(S(=O)(=O)[O-])cc1. The van der Waals surface area contributed by atoms with E-state index in [1.807, 2.05) is 6.92 Å². The molecule has 0 radical (unpaired) electrons. The van der Waals surface area contributed by atoms with Crippen molar-refractivity contribution in [1.29, 1.82) is 0 Å². The second-order valence-electron chi connectivity index (χ2n) is 8.99. The molecule has 182 valence electrons. The van der Waals surface area contributed by atoms with Crippen LogP contribution in [0.15, 0.2) is 108 Å². The number of hydrogen-bond donors (Lipinski definition) is 0. The molecular weight excluding hydrogens is 587 g/mol. The Morgan fingerprint density at radius 1 is 0.686 bits per heavy atom. The average molecular weight is 617 g/mol. The molecule has 0 amide bonds. The highest BCUT2D eigenvalue weighted by Crippen LogP contribution is 2.20. The van der Waals surface area contributed by atoms with Gasteiger partial charge < -0.3 is 9.29 Å². The molecule has 0 heterocycles. The summed E-state index contributed by atoms with van der Waals surface area (Å²) in [5.41, 5.74) is 0.928. The minimum atomic E-state index is -4.27. The summed E-state index contributed by atoms with van der Waals surface area (Å²) in [6, 6.07) is 33.6. The van der Waals surface area contributed by atoms with Crippen LogP contribution in [0.3, 0.4) is 0 Å². The molecule has 4 aromatic carbocycles. The van der Waals surface area contributed by atoms with E-state index in [4.69, 9.17) is 4.74 Å². The Morgan fingerprint density at radius 2 is 1.17 bits per heavy atom. The van der Waals surface area contributed by atoms with Gasteiger partial charge in [-0.05, 0) is 67.6 Å². The molecule has 0 unspecified atom stereocenters. The van der Waals surface area contributed by atoms with Crippen molar-refractivity contribution >= 4 is 23.4 Å². The smallest absolute Gasteiger partial charge is 0.357 e. The summed E-state index contributed by atoms with van der Waals surface area (Å²) in [6.07, 6.45) is 0. The number of aryl methyl sites for hydroxylation is 1. The number of ether oxygens (including phenoxy) is 1. The Kier molecular flexibility index (Phi) is 9.29. The van der Waals surface area contributed by atoms with Gasteiger partial charge in [-0.15, -0.1) is 0 Å². The maximum Gasteiger partial charge on any atom is 0.357 e. The van der Waals surface area contributed by atoms with Gasteiger partial charge in [-0.3, -0.25) is 0 Å². The van der Waals surface area contributed by atoms with E-state index >= 15 is 0 Å². The fraction of sp³-hybridized carbons (Fsp3) is 0.143. The van der Waals surface area contributed by atoms with Gasteiger partial charge in [0.25, 0.3) is 0 Å². The van der Waals surface area contributed by atoms with Gasteiger partial charge in [-0.1, -0.05) is 72.9 Å². The second-order valence-corrected chi connectivity index (χ2v) is 18.5. The van der Waals surface area contributed by atoms with E-state index in [2.05, 4.69) is 98.5 Å². The molecule has 0 saturated heterocycles. The van der Waals surface area contributed by atoms with Gasteiger partial charge in [0.05, 0.1) is 13.0 Å². The highest BCUT2D eigenvalue weighted by molar-refractivity contribution is 7.85. The zero-order valence-corrected chi connectivity index (χ0v) is 24.2.